The van der Waals surface area contributed by atoms with E-state index in [1.165, 1.54) is 5.56 Å². The van der Waals surface area contributed by atoms with Crippen molar-refractivity contribution in [2.24, 2.45) is 5.92 Å². The summed E-state index contributed by atoms with van der Waals surface area (Å²) in [5.74, 6) is 0.961. The summed E-state index contributed by atoms with van der Waals surface area (Å²) in [4.78, 5) is 28.7. The standard InChI is InChI=1S/C14H20NO3P.C12H16N2O/c1-10(2)6-7-11-8-15-13-5-3-4-12(14(11)13)9-19(16,17)18;1-14(2)7-6-9-8-13-10-4-3-5-11(15)12(9)10/h3-5,8,10,15H,6-7,9H2,1-2H3,(H2,16,17,18);3-5,8,13,15H,6-7H2,1-2H3/p-1. The zero-order valence-electron chi connectivity index (χ0n) is 20.3. The van der Waals surface area contributed by atoms with Crippen molar-refractivity contribution < 1.29 is 19.5 Å². The number of phenolic OH excluding ortho intramolecular Hbond substituents is 1. The average Bonchev–Trinajstić information content (AvgIpc) is 3.35. The Labute approximate surface area is 201 Å². The van der Waals surface area contributed by atoms with Gasteiger partial charge in [-0.25, -0.2) is 0 Å². The molecule has 7 nitrogen and oxygen atoms in total. The molecule has 4 aromatic rings. The summed E-state index contributed by atoms with van der Waals surface area (Å²) in [5, 5.41) is 11.7. The van der Waals surface area contributed by atoms with Crippen LogP contribution in [0.2, 0.25) is 0 Å². The summed E-state index contributed by atoms with van der Waals surface area (Å²) < 4.78 is 11.1. The maximum atomic E-state index is 11.1. The van der Waals surface area contributed by atoms with Crippen LogP contribution in [0.3, 0.4) is 0 Å². The Morgan fingerprint density at radius 3 is 2.12 bits per heavy atom. The van der Waals surface area contributed by atoms with Crippen LogP contribution in [-0.2, 0) is 23.6 Å². The molecule has 0 saturated heterocycles. The number of benzene rings is 2. The van der Waals surface area contributed by atoms with Gasteiger partial charge in [0.1, 0.15) is 13.3 Å². The fraction of sp³-hybridized carbons (Fsp3) is 0.385. The summed E-state index contributed by atoms with van der Waals surface area (Å²) in [6.45, 7) is 5.31. The minimum absolute atomic E-state index is 0.309. The van der Waals surface area contributed by atoms with Crippen molar-refractivity contribution in [1.82, 2.24) is 14.9 Å². The Hall–Kier alpha value is -2.57. The monoisotopic (exact) mass is 484 g/mol. The van der Waals surface area contributed by atoms with Crippen molar-refractivity contribution in [3.63, 3.8) is 0 Å². The molecular weight excluding hydrogens is 449 g/mol. The number of hydrogen-bond donors (Lipinski definition) is 4. The molecule has 0 radical (unpaired) electrons. The number of rotatable bonds is 8. The lowest BCUT2D eigenvalue weighted by Crippen LogP contribution is -2.14. The van der Waals surface area contributed by atoms with Gasteiger partial charge in [0.05, 0.1) is 0 Å². The molecule has 1 unspecified atom stereocenters. The van der Waals surface area contributed by atoms with E-state index in [1.54, 1.807) is 18.2 Å². The maximum Gasteiger partial charge on any atom is 0.136 e. The molecule has 0 aliphatic carbocycles. The normalized spacial score (nSPS) is 13.4. The second-order valence-electron chi connectivity index (χ2n) is 9.45. The number of aromatic nitrogens is 2. The second kappa shape index (κ2) is 11.2. The van der Waals surface area contributed by atoms with Crippen molar-refractivity contribution in [3.05, 3.63) is 65.5 Å². The first-order valence-electron chi connectivity index (χ1n) is 11.6. The van der Waals surface area contributed by atoms with E-state index in [0.29, 0.717) is 17.2 Å². The van der Waals surface area contributed by atoms with E-state index in [2.05, 4.69) is 42.8 Å². The highest BCUT2D eigenvalue weighted by atomic mass is 31.2. The van der Waals surface area contributed by atoms with Gasteiger partial charge < -0.3 is 34.3 Å². The number of fused-ring (bicyclic) bond motifs is 2. The molecule has 0 aliphatic heterocycles. The Bertz CT molecular complexity index is 1270. The predicted molar refractivity (Wildman–Crippen MR) is 137 cm³/mol. The molecule has 8 heteroatoms. The number of nitrogens with zero attached hydrogens (tertiary/aromatic N) is 1. The Balaban J connectivity index is 0.000000196. The lowest BCUT2D eigenvalue weighted by molar-refractivity contribution is -0.194. The van der Waals surface area contributed by atoms with E-state index in [0.717, 1.165) is 53.2 Å². The number of likely N-dealkylation sites (N-methyl/N-ethyl adjacent to an activating group) is 1. The van der Waals surface area contributed by atoms with Crippen LogP contribution in [0.4, 0.5) is 0 Å². The SMILES string of the molecule is CC(C)CCc1c[nH]c2cccc(CP(=O)([O-])O)c12.CN(C)CCc1c[nH]c2cccc(O)c12. The molecule has 0 amide bonds. The molecule has 4 N–H and O–H groups in total. The first-order valence-corrected chi connectivity index (χ1v) is 13.3. The van der Waals surface area contributed by atoms with Gasteiger partial charge in [-0.05, 0) is 74.2 Å². The van der Waals surface area contributed by atoms with Crippen molar-refractivity contribution in [2.45, 2.75) is 39.3 Å². The number of nitrogens with one attached hydrogen (secondary N) is 2. The third-order valence-corrected chi connectivity index (χ3v) is 6.57. The van der Waals surface area contributed by atoms with Gasteiger partial charge in [0.25, 0.3) is 0 Å². The molecule has 0 bridgehead atoms. The maximum absolute atomic E-state index is 11.1. The molecule has 0 aliphatic rings. The first kappa shape index (κ1) is 26.0. The molecule has 2 aromatic heterocycles. The van der Waals surface area contributed by atoms with Crippen molar-refractivity contribution >= 4 is 29.4 Å². The molecule has 0 fully saturated rings. The van der Waals surface area contributed by atoms with E-state index in [9.17, 15) is 14.6 Å². The van der Waals surface area contributed by atoms with Gasteiger partial charge in [-0.15, -0.1) is 0 Å². The van der Waals surface area contributed by atoms with Gasteiger partial charge in [-0.3, -0.25) is 0 Å². The highest BCUT2D eigenvalue weighted by Crippen LogP contribution is 2.37. The zero-order valence-corrected chi connectivity index (χ0v) is 21.2. The largest absolute Gasteiger partial charge is 0.778 e. The van der Waals surface area contributed by atoms with Gasteiger partial charge in [-0.2, -0.15) is 0 Å². The fourth-order valence-corrected chi connectivity index (χ4v) is 4.80. The van der Waals surface area contributed by atoms with E-state index in [4.69, 9.17) is 4.89 Å². The number of H-pyrrole nitrogens is 2. The highest BCUT2D eigenvalue weighted by Gasteiger charge is 2.13. The zero-order chi connectivity index (χ0) is 24.9. The lowest BCUT2D eigenvalue weighted by atomic mass is 10.00. The average molecular weight is 485 g/mol. The summed E-state index contributed by atoms with van der Waals surface area (Å²) in [6.07, 6.45) is 6.51. The summed E-state index contributed by atoms with van der Waals surface area (Å²) in [7, 11) is -0.189. The highest BCUT2D eigenvalue weighted by molar-refractivity contribution is 7.49. The Kier molecular flexibility index (Phi) is 8.61. The summed E-state index contributed by atoms with van der Waals surface area (Å²) in [5.41, 5.74) is 4.89. The van der Waals surface area contributed by atoms with Gasteiger partial charge >= 0.3 is 0 Å². The number of hydrogen-bond acceptors (Lipinski definition) is 4. The van der Waals surface area contributed by atoms with Crippen LogP contribution in [0.1, 0.15) is 37.0 Å². The quantitative estimate of drug-likeness (QED) is 0.269. The molecule has 0 spiro atoms. The van der Waals surface area contributed by atoms with E-state index >= 15 is 0 Å². The molecule has 1 atom stereocenters. The molecule has 184 valence electrons. The Morgan fingerprint density at radius 1 is 0.941 bits per heavy atom. The van der Waals surface area contributed by atoms with Gasteiger partial charge in [0.15, 0.2) is 0 Å². The van der Waals surface area contributed by atoms with Crippen LogP contribution >= 0.6 is 7.60 Å². The van der Waals surface area contributed by atoms with Crippen molar-refractivity contribution in [1.29, 1.82) is 0 Å². The predicted octanol–water partition coefficient (Wildman–Crippen LogP) is 4.78. The van der Waals surface area contributed by atoms with Crippen LogP contribution in [0.25, 0.3) is 21.8 Å². The molecule has 34 heavy (non-hydrogen) atoms. The second-order valence-corrected chi connectivity index (χ2v) is 11.0. The molecule has 4 rings (SSSR count). The summed E-state index contributed by atoms with van der Waals surface area (Å²) >= 11 is 0. The number of aromatic hydroxyl groups is 1. The number of aromatic amines is 2. The molecule has 2 aromatic carbocycles. The first-order chi connectivity index (χ1) is 16.0. The molecule has 2 heterocycles. The van der Waals surface area contributed by atoms with Crippen LogP contribution in [0.5, 0.6) is 5.75 Å². The smallest absolute Gasteiger partial charge is 0.136 e. The third kappa shape index (κ3) is 6.97. The van der Waals surface area contributed by atoms with Gasteiger partial charge in [0.2, 0.25) is 0 Å². The van der Waals surface area contributed by atoms with Crippen molar-refractivity contribution in [3.8, 4) is 5.75 Å². The van der Waals surface area contributed by atoms with Crippen LogP contribution in [0, 0.1) is 5.92 Å². The fourth-order valence-electron chi connectivity index (χ4n) is 4.10. The topological polar surface area (TPSA) is 115 Å². The van der Waals surface area contributed by atoms with Crippen LogP contribution in [-0.4, -0.2) is 45.5 Å². The van der Waals surface area contributed by atoms with E-state index < -0.39 is 7.60 Å². The van der Waals surface area contributed by atoms with E-state index in [1.807, 2.05) is 30.6 Å². The van der Waals surface area contributed by atoms with Gasteiger partial charge in [-0.1, -0.05) is 32.0 Å². The van der Waals surface area contributed by atoms with Crippen LogP contribution in [0.15, 0.2) is 48.8 Å². The Morgan fingerprint density at radius 2 is 1.53 bits per heavy atom. The summed E-state index contributed by atoms with van der Waals surface area (Å²) in [6, 6.07) is 11.0. The van der Waals surface area contributed by atoms with Crippen molar-refractivity contribution in [2.75, 3.05) is 20.6 Å². The minimum atomic E-state index is -4.29. The number of phenols is 1. The third-order valence-electron chi connectivity index (χ3n) is 5.83. The number of aryl methyl sites for hydroxylation is 1. The molecule has 0 saturated carbocycles. The molecular formula is C26H35N3O4P-. The lowest BCUT2D eigenvalue weighted by Gasteiger charge is -2.16. The van der Waals surface area contributed by atoms with E-state index in [-0.39, 0.29) is 6.16 Å². The van der Waals surface area contributed by atoms with Crippen LogP contribution < -0.4 is 4.89 Å². The minimum Gasteiger partial charge on any atom is -0.778 e. The van der Waals surface area contributed by atoms with Gasteiger partial charge in [0, 0.05) is 46.9 Å².